The van der Waals surface area contributed by atoms with Crippen LogP contribution in [0.4, 0.5) is 24.9 Å². The van der Waals surface area contributed by atoms with E-state index >= 15 is 0 Å². The molecule has 0 aromatic carbocycles. The van der Waals surface area contributed by atoms with Crippen LogP contribution in [0.15, 0.2) is 6.07 Å². The molecule has 1 aliphatic heterocycles. The average molecular weight is 276 g/mol. The smallest absolute Gasteiger partial charge is 0.396 e. The van der Waals surface area contributed by atoms with E-state index in [9.17, 15) is 13.2 Å². The fourth-order valence-electron chi connectivity index (χ4n) is 2.18. The molecule has 1 unspecified atom stereocenters. The molecule has 106 valence electrons. The normalized spacial score (nSPS) is 20.6. The van der Waals surface area contributed by atoms with E-state index in [1.165, 1.54) is 0 Å². The molecule has 1 aromatic heterocycles. The van der Waals surface area contributed by atoms with Gasteiger partial charge in [0.2, 0.25) is 5.95 Å². The summed E-state index contributed by atoms with van der Waals surface area (Å²) in [7, 11) is 0. The Bertz CT molecular complexity index is 452. The van der Waals surface area contributed by atoms with Crippen molar-refractivity contribution in [3.63, 3.8) is 0 Å². The summed E-state index contributed by atoms with van der Waals surface area (Å²) in [5.74, 6) is -0.173. The van der Waals surface area contributed by atoms with Gasteiger partial charge in [0.05, 0.1) is 0 Å². The molecule has 5 nitrogen and oxygen atoms in total. The number of nitrogen functional groups attached to an aromatic ring is 1. The highest BCUT2D eigenvalue weighted by molar-refractivity contribution is 5.44. The molecule has 1 aromatic rings. The number of hydrogen-bond acceptors (Lipinski definition) is 5. The third kappa shape index (κ3) is 3.25. The van der Waals surface area contributed by atoms with Crippen molar-refractivity contribution in [2.75, 3.05) is 30.3 Å². The lowest BCUT2D eigenvalue weighted by Crippen LogP contribution is -2.37. The van der Waals surface area contributed by atoms with Gasteiger partial charge in [-0.15, -0.1) is 0 Å². The van der Waals surface area contributed by atoms with Crippen molar-refractivity contribution in [3.8, 4) is 0 Å². The number of piperidine rings is 1. The van der Waals surface area contributed by atoms with Crippen LogP contribution in [0, 0.1) is 5.92 Å². The average Bonchev–Trinajstić information content (AvgIpc) is 2.37. The summed E-state index contributed by atoms with van der Waals surface area (Å²) in [6.45, 7) is 1.09. The van der Waals surface area contributed by atoms with Crippen LogP contribution in [-0.2, 0) is 6.18 Å². The summed E-state index contributed by atoms with van der Waals surface area (Å²) in [4.78, 5) is 8.76. The van der Waals surface area contributed by atoms with Crippen LogP contribution >= 0.6 is 0 Å². The Kier molecular flexibility index (Phi) is 3.79. The number of hydrogen-bond donors (Lipinski definition) is 2. The van der Waals surface area contributed by atoms with Gasteiger partial charge in [0.1, 0.15) is 5.82 Å². The molecule has 8 heteroatoms. The molecule has 0 aliphatic carbocycles. The van der Waals surface area contributed by atoms with E-state index in [4.69, 9.17) is 10.8 Å². The highest BCUT2D eigenvalue weighted by Crippen LogP contribution is 2.31. The minimum atomic E-state index is -4.54. The monoisotopic (exact) mass is 276 g/mol. The van der Waals surface area contributed by atoms with Gasteiger partial charge in [-0.1, -0.05) is 0 Å². The molecule has 3 N–H and O–H groups in total. The molecule has 1 atom stereocenters. The van der Waals surface area contributed by atoms with Crippen LogP contribution < -0.4 is 10.6 Å². The number of rotatable bonds is 2. The lowest BCUT2D eigenvalue weighted by molar-refractivity contribution is -0.141. The van der Waals surface area contributed by atoms with Crippen LogP contribution in [0.1, 0.15) is 18.5 Å². The van der Waals surface area contributed by atoms with Gasteiger partial charge in [-0.25, -0.2) is 4.98 Å². The number of alkyl halides is 3. The Morgan fingerprint density at radius 2 is 2.16 bits per heavy atom. The van der Waals surface area contributed by atoms with Gasteiger partial charge in [0.15, 0.2) is 5.69 Å². The third-order valence-corrected chi connectivity index (χ3v) is 3.12. The molecule has 0 spiro atoms. The molecular weight excluding hydrogens is 261 g/mol. The molecule has 1 fully saturated rings. The molecule has 0 saturated carbocycles. The van der Waals surface area contributed by atoms with E-state index in [1.807, 2.05) is 0 Å². The molecule has 2 heterocycles. The van der Waals surface area contributed by atoms with Crippen molar-refractivity contribution in [1.29, 1.82) is 0 Å². The molecule has 1 saturated heterocycles. The fourth-order valence-corrected chi connectivity index (χ4v) is 2.18. The fraction of sp³-hybridized carbons (Fsp3) is 0.636. The number of aliphatic hydroxyl groups excluding tert-OH is 1. The Hall–Kier alpha value is -1.57. The van der Waals surface area contributed by atoms with E-state index in [0.717, 1.165) is 18.9 Å². The topological polar surface area (TPSA) is 75.3 Å². The van der Waals surface area contributed by atoms with E-state index in [1.54, 1.807) is 4.90 Å². The first-order chi connectivity index (χ1) is 8.90. The molecular formula is C11H15F3N4O. The number of halogens is 3. The number of aliphatic hydroxyl groups is 1. The second-order valence-corrected chi connectivity index (χ2v) is 4.60. The Balaban J connectivity index is 2.26. The first-order valence-corrected chi connectivity index (χ1v) is 5.97. The van der Waals surface area contributed by atoms with Crippen LogP contribution in [0.5, 0.6) is 0 Å². The lowest BCUT2D eigenvalue weighted by atomic mass is 9.99. The quantitative estimate of drug-likeness (QED) is 0.851. The predicted molar refractivity (Wildman–Crippen MR) is 63.5 cm³/mol. The van der Waals surface area contributed by atoms with E-state index < -0.39 is 17.8 Å². The predicted octanol–water partition coefficient (Wildman–Crippen LogP) is 1.29. The molecule has 0 radical (unpaired) electrons. The molecule has 19 heavy (non-hydrogen) atoms. The van der Waals surface area contributed by atoms with Gasteiger partial charge in [0.25, 0.3) is 0 Å². The van der Waals surface area contributed by atoms with Gasteiger partial charge < -0.3 is 15.7 Å². The number of nitrogens with zero attached hydrogens (tertiary/aromatic N) is 3. The van der Waals surface area contributed by atoms with Gasteiger partial charge in [-0.05, 0) is 18.8 Å². The van der Waals surface area contributed by atoms with Crippen LogP contribution in [0.3, 0.4) is 0 Å². The van der Waals surface area contributed by atoms with Gasteiger partial charge in [-0.2, -0.15) is 18.2 Å². The number of anilines is 2. The van der Waals surface area contributed by atoms with Crippen molar-refractivity contribution in [1.82, 2.24) is 9.97 Å². The largest absolute Gasteiger partial charge is 0.433 e. The highest BCUT2D eigenvalue weighted by atomic mass is 19.4. The zero-order valence-corrected chi connectivity index (χ0v) is 10.2. The second kappa shape index (κ2) is 5.20. The summed E-state index contributed by atoms with van der Waals surface area (Å²) in [5, 5.41) is 9.13. The molecule has 1 aliphatic rings. The van der Waals surface area contributed by atoms with Crippen molar-refractivity contribution in [3.05, 3.63) is 11.8 Å². The van der Waals surface area contributed by atoms with Crippen molar-refractivity contribution < 1.29 is 18.3 Å². The summed E-state index contributed by atoms with van der Waals surface area (Å²) < 4.78 is 38.0. The van der Waals surface area contributed by atoms with Gasteiger partial charge >= 0.3 is 6.18 Å². The minimum absolute atomic E-state index is 0.0171. The summed E-state index contributed by atoms with van der Waals surface area (Å²) >= 11 is 0. The molecule has 0 amide bonds. The van der Waals surface area contributed by atoms with Gasteiger partial charge in [0, 0.05) is 25.8 Å². The zero-order valence-electron chi connectivity index (χ0n) is 10.2. The third-order valence-electron chi connectivity index (χ3n) is 3.12. The first kappa shape index (κ1) is 13.9. The minimum Gasteiger partial charge on any atom is -0.396 e. The Morgan fingerprint density at radius 1 is 1.42 bits per heavy atom. The van der Waals surface area contributed by atoms with E-state index in [2.05, 4.69) is 9.97 Å². The maximum atomic E-state index is 12.7. The van der Waals surface area contributed by atoms with Gasteiger partial charge in [-0.3, -0.25) is 0 Å². The van der Waals surface area contributed by atoms with E-state index in [-0.39, 0.29) is 18.3 Å². The number of aromatic nitrogens is 2. The zero-order chi connectivity index (χ0) is 14.0. The van der Waals surface area contributed by atoms with E-state index in [0.29, 0.717) is 13.1 Å². The lowest BCUT2D eigenvalue weighted by Gasteiger charge is -2.32. The first-order valence-electron chi connectivity index (χ1n) is 5.97. The highest BCUT2D eigenvalue weighted by Gasteiger charge is 2.34. The SMILES string of the molecule is Nc1nc(N2CCCC(CO)C2)cc(C(F)(F)F)n1. The summed E-state index contributed by atoms with van der Waals surface area (Å²) in [6.07, 6.45) is -2.88. The maximum absolute atomic E-state index is 12.7. The number of nitrogens with two attached hydrogens (primary N) is 1. The van der Waals surface area contributed by atoms with Crippen molar-refractivity contribution >= 4 is 11.8 Å². The Labute approximate surface area is 108 Å². The maximum Gasteiger partial charge on any atom is 0.433 e. The molecule has 2 rings (SSSR count). The van der Waals surface area contributed by atoms with Crippen molar-refractivity contribution in [2.24, 2.45) is 5.92 Å². The van der Waals surface area contributed by atoms with Crippen molar-refractivity contribution in [2.45, 2.75) is 19.0 Å². The van der Waals surface area contributed by atoms with Crippen LogP contribution in [-0.4, -0.2) is 34.8 Å². The molecule has 0 bridgehead atoms. The van der Waals surface area contributed by atoms with Crippen LogP contribution in [0.25, 0.3) is 0 Å². The second-order valence-electron chi connectivity index (χ2n) is 4.60. The summed E-state index contributed by atoms with van der Waals surface area (Å²) in [5.41, 5.74) is 4.29. The standard InChI is InChI=1S/C11H15F3N4O/c12-11(13,14)8-4-9(17-10(15)16-8)18-3-1-2-7(5-18)6-19/h4,7,19H,1-3,5-6H2,(H2,15,16,17). The summed E-state index contributed by atoms with van der Waals surface area (Å²) in [6, 6.07) is 0.899. The Morgan fingerprint density at radius 3 is 2.79 bits per heavy atom. The van der Waals surface area contributed by atoms with Crippen LogP contribution in [0.2, 0.25) is 0 Å².